The fourth-order valence-corrected chi connectivity index (χ4v) is 4.52. The van der Waals surface area contributed by atoms with E-state index < -0.39 is 0 Å². The summed E-state index contributed by atoms with van der Waals surface area (Å²) in [7, 11) is 0. The van der Waals surface area contributed by atoms with Crippen molar-refractivity contribution in [1.29, 1.82) is 0 Å². The van der Waals surface area contributed by atoms with E-state index in [1.165, 1.54) is 0 Å². The number of amides is 2. The highest BCUT2D eigenvalue weighted by Crippen LogP contribution is 2.27. The third kappa shape index (κ3) is 4.50. The second-order valence-electron chi connectivity index (χ2n) is 8.30. The van der Waals surface area contributed by atoms with Crippen molar-refractivity contribution in [2.75, 3.05) is 19.7 Å². The van der Waals surface area contributed by atoms with E-state index in [0.717, 1.165) is 36.1 Å². The van der Waals surface area contributed by atoms with E-state index in [1.807, 2.05) is 59.5 Å². The van der Waals surface area contributed by atoms with Crippen molar-refractivity contribution < 1.29 is 14.3 Å². The Morgan fingerprint density at radius 1 is 1.07 bits per heavy atom. The molecule has 2 amide bonds. The van der Waals surface area contributed by atoms with Crippen LogP contribution in [-0.2, 0) is 16.0 Å². The lowest BCUT2D eigenvalue weighted by Crippen LogP contribution is -2.49. The lowest BCUT2D eigenvalue weighted by molar-refractivity contribution is -0.134. The molecule has 4 rings (SSSR count). The van der Waals surface area contributed by atoms with Gasteiger partial charge in [-0.15, -0.1) is 0 Å². The van der Waals surface area contributed by atoms with E-state index in [1.54, 1.807) is 0 Å². The first-order valence-corrected chi connectivity index (χ1v) is 11.0. The molecule has 2 aliphatic heterocycles. The maximum absolute atomic E-state index is 13.0. The van der Waals surface area contributed by atoms with Crippen LogP contribution in [0.4, 0.5) is 0 Å². The Bertz CT molecular complexity index is 875. The van der Waals surface area contributed by atoms with Crippen molar-refractivity contribution in [1.82, 2.24) is 10.2 Å². The molecule has 2 unspecified atom stereocenters. The molecule has 0 aromatic heterocycles. The van der Waals surface area contributed by atoms with Gasteiger partial charge in [0.1, 0.15) is 12.4 Å². The number of carbonyl (C=O) groups is 2. The third-order valence-corrected chi connectivity index (χ3v) is 6.31. The molecule has 158 valence electrons. The average Bonchev–Trinajstić information content (AvgIpc) is 2.80. The summed E-state index contributed by atoms with van der Waals surface area (Å²) in [5, 5.41) is 3.20. The summed E-state index contributed by atoms with van der Waals surface area (Å²) < 4.78 is 5.76. The number of likely N-dealkylation sites (tertiary alicyclic amines) is 1. The third-order valence-electron chi connectivity index (χ3n) is 6.31. The van der Waals surface area contributed by atoms with Crippen molar-refractivity contribution in [3.8, 4) is 5.75 Å². The van der Waals surface area contributed by atoms with Crippen LogP contribution < -0.4 is 10.1 Å². The SMILES string of the molecule is CCC(C(=O)N1CCC(NC(=O)C2COc3ccccc3C2)CC1)c1ccccc1. The van der Waals surface area contributed by atoms with Gasteiger partial charge in [-0.2, -0.15) is 0 Å². The van der Waals surface area contributed by atoms with Crippen molar-refractivity contribution in [2.24, 2.45) is 5.92 Å². The van der Waals surface area contributed by atoms with E-state index in [0.29, 0.717) is 26.1 Å². The first-order valence-electron chi connectivity index (χ1n) is 11.0. The first-order chi connectivity index (χ1) is 14.7. The normalized spacial score (nSPS) is 20.0. The molecule has 0 bridgehead atoms. The van der Waals surface area contributed by atoms with Gasteiger partial charge in [0.15, 0.2) is 0 Å². The van der Waals surface area contributed by atoms with E-state index >= 15 is 0 Å². The van der Waals surface area contributed by atoms with Gasteiger partial charge in [-0.05, 0) is 42.9 Å². The van der Waals surface area contributed by atoms with Gasteiger partial charge in [-0.3, -0.25) is 9.59 Å². The molecular formula is C25H30N2O3. The van der Waals surface area contributed by atoms with Crippen molar-refractivity contribution >= 4 is 11.8 Å². The van der Waals surface area contributed by atoms with Crippen molar-refractivity contribution in [2.45, 2.75) is 44.6 Å². The van der Waals surface area contributed by atoms with Crippen LogP contribution in [0, 0.1) is 5.92 Å². The smallest absolute Gasteiger partial charge is 0.230 e. The molecule has 0 aliphatic carbocycles. The Morgan fingerprint density at radius 3 is 2.50 bits per heavy atom. The van der Waals surface area contributed by atoms with Gasteiger partial charge in [0.2, 0.25) is 11.8 Å². The second kappa shape index (κ2) is 9.33. The van der Waals surface area contributed by atoms with Gasteiger partial charge in [0.05, 0.1) is 11.8 Å². The Hall–Kier alpha value is -2.82. The standard InChI is InChI=1S/C25H30N2O3/c1-2-22(18-8-4-3-5-9-18)25(29)27-14-12-21(13-15-27)26-24(28)20-16-19-10-6-7-11-23(19)30-17-20/h3-11,20-22H,2,12-17H2,1H3,(H,26,28). The predicted octanol–water partition coefficient (Wildman–Crippen LogP) is 3.54. The minimum absolute atomic E-state index is 0.0602. The lowest BCUT2D eigenvalue weighted by atomic mass is 9.93. The van der Waals surface area contributed by atoms with E-state index in [4.69, 9.17) is 4.74 Å². The molecule has 0 saturated carbocycles. The average molecular weight is 407 g/mol. The van der Waals surface area contributed by atoms with Gasteiger partial charge in [-0.25, -0.2) is 0 Å². The number of rotatable bonds is 5. The van der Waals surface area contributed by atoms with Crippen LogP contribution >= 0.6 is 0 Å². The summed E-state index contributed by atoms with van der Waals surface area (Å²) in [6, 6.07) is 18.0. The fraction of sp³-hybridized carbons (Fsp3) is 0.440. The number of benzene rings is 2. The molecule has 2 atom stereocenters. The molecule has 1 fully saturated rings. The zero-order valence-corrected chi connectivity index (χ0v) is 17.5. The summed E-state index contributed by atoms with van der Waals surface area (Å²) in [4.78, 5) is 27.8. The monoisotopic (exact) mass is 406 g/mol. The molecule has 2 aromatic rings. The van der Waals surface area contributed by atoms with Crippen LogP contribution in [0.3, 0.4) is 0 Å². The highest BCUT2D eigenvalue weighted by molar-refractivity contribution is 5.84. The summed E-state index contributed by atoms with van der Waals surface area (Å²) in [6.45, 7) is 3.87. The molecule has 5 nitrogen and oxygen atoms in total. The van der Waals surface area contributed by atoms with Gasteiger partial charge >= 0.3 is 0 Å². The predicted molar refractivity (Wildman–Crippen MR) is 116 cm³/mol. The molecular weight excluding hydrogens is 376 g/mol. The summed E-state index contributed by atoms with van der Waals surface area (Å²) in [5.74, 6) is 0.909. The number of piperidine rings is 1. The molecule has 5 heteroatoms. The largest absolute Gasteiger partial charge is 0.492 e. The van der Waals surface area contributed by atoms with Crippen LogP contribution in [0.25, 0.3) is 0 Å². The molecule has 1 N–H and O–H groups in total. The first kappa shape index (κ1) is 20.5. The number of hydrogen-bond acceptors (Lipinski definition) is 3. The van der Waals surface area contributed by atoms with Crippen LogP contribution in [-0.4, -0.2) is 42.5 Å². The van der Waals surface area contributed by atoms with Crippen molar-refractivity contribution in [3.05, 3.63) is 65.7 Å². The number of nitrogens with zero attached hydrogens (tertiary/aromatic N) is 1. The summed E-state index contributed by atoms with van der Waals surface area (Å²) in [5.41, 5.74) is 2.17. The van der Waals surface area contributed by atoms with Crippen LogP contribution in [0.15, 0.2) is 54.6 Å². The van der Waals surface area contributed by atoms with Crippen LogP contribution in [0.2, 0.25) is 0 Å². The van der Waals surface area contributed by atoms with E-state index in [2.05, 4.69) is 12.2 Å². The van der Waals surface area contributed by atoms with Gasteiger partial charge in [0.25, 0.3) is 0 Å². The molecule has 2 aromatic carbocycles. The number of hydrogen-bond donors (Lipinski definition) is 1. The van der Waals surface area contributed by atoms with Crippen molar-refractivity contribution in [3.63, 3.8) is 0 Å². The molecule has 30 heavy (non-hydrogen) atoms. The van der Waals surface area contributed by atoms with Gasteiger partial charge < -0.3 is 15.0 Å². The number of fused-ring (bicyclic) bond motifs is 1. The molecule has 2 aliphatic rings. The highest BCUT2D eigenvalue weighted by Gasteiger charge is 2.31. The Balaban J connectivity index is 1.28. The Labute approximate surface area is 178 Å². The highest BCUT2D eigenvalue weighted by atomic mass is 16.5. The minimum atomic E-state index is -0.151. The fourth-order valence-electron chi connectivity index (χ4n) is 4.52. The van der Waals surface area contributed by atoms with E-state index in [9.17, 15) is 9.59 Å². The topological polar surface area (TPSA) is 58.6 Å². The molecule has 1 saturated heterocycles. The Kier molecular flexibility index (Phi) is 6.36. The quantitative estimate of drug-likeness (QED) is 0.826. The number of para-hydroxylation sites is 1. The zero-order chi connectivity index (χ0) is 20.9. The number of ether oxygens (including phenoxy) is 1. The van der Waals surface area contributed by atoms with Crippen LogP contribution in [0.1, 0.15) is 43.2 Å². The maximum Gasteiger partial charge on any atom is 0.230 e. The molecule has 0 radical (unpaired) electrons. The minimum Gasteiger partial charge on any atom is -0.492 e. The van der Waals surface area contributed by atoms with Gasteiger partial charge in [-0.1, -0.05) is 55.5 Å². The molecule has 2 heterocycles. The maximum atomic E-state index is 13.0. The Morgan fingerprint density at radius 2 is 1.77 bits per heavy atom. The lowest BCUT2D eigenvalue weighted by Gasteiger charge is -2.35. The van der Waals surface area contributed by atoms with Gasteiger partial charge in [0, 0.05) is 19.1 Å². The number of carbonyl (C=O) groups excluding carboxylic acids is 2. The number of nitrogens with one attached hydrogen (secondary N) is 1. The summed E-state index contributed by atoms with van der Waals surface area (Å²) in [6.07, 6.45) is 3.11. The second-order valence-corrected chi connectivity index (χ2v) is 8.30. The molecule has 0 spiro atoms. The zero-order valence-electron chi connectivity index (χ0n) is 17.5. The summed E-state index contributed by atoms with van der Waals surface area (Å²) >= 11 is 0. The van der Waals surface area contributed by atoms with Crippen LogP contribution in [0.5, 0.6) is 5.75 Å². The van der Waals surface area contributed by atoms with E-state index in [-0.39, 0.29) is 29.7 Å².